The average molecular weight is 391 g/mol. The summed E-state index contributed by atoms with van der Waals surface area (Å²) in [6.07, 6.45) is 0. The summed E-state index contributed by atoms with van der Waals surface area (Å²) in [6.45, 7) is 1.61. The van der Waals surface area contributed by atoms with E-state index >= 15 is 0 Å². The van der Waals surface area contributed by atoms with Crippen LogP contribution in [0.5, 0.6) is 0 Å². The molecule has 112 valence electrons. The summed E-state index contributed by atoms with van der Waals surface area (Å²) in [5.41, 5.74) is -0.0929. The van der Waals surface area contributed by atoms with Crippen LogP contribution in [0.4, 0.5) is 0 Å². The van der Waals surface area contributed by atoms with Gasteiger partial charge in [-0.15, -0.1) is 11.3 Å². The molecular formula is C12H11BrN2O4S2. The molecule has 1 heterocycles. The molecule has 1 aromatic heterocycles. The zero-order chi connectivity index (χ0) is 15.6. The van der Waals surface area contributed by atoms with Gasteiger partial charge in [0.1, 0.15) is 5.01 Å². The number of carbonyl (C=O) groups is 1. The monoisotopic (exact) mass is 390 g/mol. The van der Waals surface area contributed by atoms with Gasteiger partial charge in [-0.25, -0.2) is 22.9 Å². The Hall–Kier alpha value is -1.29. The highest BCUT2D eigenvalue weighted by atomic mass is 79.9. The molecule has 2 aromatic rings. The first-order valence-corrected chi connectivity index (χ1v) is 8.92. The van der Waals surface area contributed by atoms with Gasteiger partial charge in [0.2, 0.25) is 10.0 Å². The maximum atomic E-state index is 12.2. The first-order chi connectivity index (χ1) is 9.79. The summed E-state index contributed by atoms with van der Waals surface area (Å²) >= 11 is 4.33. The van der Waals surface area contributed by atoms with Crippen LogP contribution in [0.1, 0.15) is 28.5 Å². The summed E-state index contributed by atoms with van der Waals surface area (Å²) in [5, 5.41) is 10.6. The average Bonchev–Trinajstić information content (AvgIpc) is 2.88. The van der Waals surface area contributed by atoms with Crippen molar-refractivity contribution >= 4 is 43.3 Å². The van der Waals surface area contributed by atoms with E-state index in [4.69, 9.17) is 5.11 Å². The van der Waals surface area contributed by atoms with Gasteiger partial charge in [-0.2, -0.15) is 0 Å². The van der Waals surface area contributed by atoms with Crippen molar-refractivity contribution in [1.82, 2.24) is 9.71 Å². The fraction of sp³-hybridized carbons (Fsp3) is 0.167. The number of rotatable bonds is 5. The second-order valence-electron chi connectivity index (χ2n) is 4.17. The third-order valence-corrected chi connectivity index (χ3v) is 5.68. The zero-order valence-electron chi connectivity index (χ0n) is 10.8. The minimum absolute atomic E-state index is 0.0929. The van der Waals surface area contributed by atoms with Crippen molar-refractivity contribution in [3.63, 3.8) is 0 Å². The number of nitrogens with one attached hydrogen (secondary N) is 1. The number of sulfonamides is 1. The molecule has 2 rings (SSSR count). The quantitative estimate of drug-likeness (QED) is 0.817. The lowest BCUT2D eigenvalue weighted by atomic mass is 10.4. The number of hydrogen-bond donors (Lipinski definition) is 2. The number of carboxylic acid groups (broad SMARTS) is 1. The minimum Gasteiger partial charge on any atom is -0.476 e. The van der Waals surface area contributed by atoms with Crippen molar-refractivity contribution in [2.45, 2.75) is 17.9 Å². The van der Waals surface area contributed by atoms with Crippen LogP contribution in [0.25, 0.3) is 0 Å². The van der Waals surface area contributed by atoms with Crippen LogP contribution in [0, 0.1) is 0 Å². The Morgan fingerprint density at radius 3 is 2.52 bits per heavy atom. The van der Waals surface area contributed by atoms with E-state index in [0.29, 0.717) is 5.01 Å². The Bertz CT molecular complexity index is 756. The molecule has 1 atom stereocenters. The van der Waals surface area contributed by atoms with Gasteiger partial charge in [0.25, 0.3) is 0 Å². The zero-order valence-corrected chi connectivity index (χ0v) is 14.0. The molecule has 0 radical (unpaired) electrons. The van der Waals surface area contributed by atoms with Gasteiger partial charge in [-0.3, -0.25) is 0 Å². The third-order valence-electron chi connectivity index (χ3n) is 2.57. The van der Waals surface area contributed by atoms with Crippen molar-refractivity contribution in [2.75, 3.05) is 0 Å². The highest BCUT2D eigenvalue weighted by Crippen LogP contribution is 2.21. The molecule has 21 heavy (non-hydrogen) atoms. The number of aromatic nitrogens is 1. The number of thiazole rings is 1. The Labute approximate surface area is 134 Å². The molecule has 0 fully saturated rings. The number of nitrogens with zero attached hydrogens (tertiary/aromatic N) is 1. The van der Waals surface area contributed by atoms with Gasteiger partial charge >= 0.3 is 5.97 Å². The topological polar surface area (TPSA) is 96.4 Å². The van der Waals surface area contributed by atoms with E-state index in [1.807, 2.05) is 0 Å². The maximum absolute atomic E-state index is 12.2. The molecule has 1 aromatic carbocycles. The van der Waals surface area contributed by atoms with Gasteiger partial charge < -0.3 is 5.11 Å². The van der Waals surface area contributed by atoms with Crippen LogP contribution in [0.3, 0.4) is 0 Å². The molecule has 0 spiro atoms. The lowest BCUT2D eigenvalue weighted by molar-refractivity contribution is 0.0691. The van der Waals surface area contributed by atoms with E-state index < -0.39 is 22.0 Å². The van der Waals surface area contributed by atoms with E-state index in [0.717, 1.165) is 15.8 Å². The molecule has 0 bridgehead atoms. The van der Waals surface area contributed by atoms with Crippen molar-refractivity contribution in [2.24, 2.45) is 0 Å². The molecular weight excluding hydrogens is 380 g/mol. The number of aromatic carboxylic acids is 1. The van der Waals surface area contributed by atoms with E-state index in [1.54, 1.807) is 19.1 Å². The molecule has 0 aliphatic heterocycles. The summed E-state index contributed by atoms with van der Waals surface area (Å²) < 4.78 is 27.7. The maximum Gasteiger partial charge on any atom is 0.355 e. The van der Waals surface area contributed by atoms with E-state index in [-0.39, 0.29) is 10.6 Å². The lowest BCUT2D eigenvalue weighted by Crippen LogP contribution is -2.26. The van der Waals surface area contributed by atoms with Crippen molar-refractivity contribution in [3.8, 4) is 0 Å². The molecule has 9 heteroatoms. The van der Waals surface area contributed by atoms with Crippen LogP contribution in [0.15, 0.2) is 39.0 Å². The van der Waals surface area contributed by atoms with Crippen LogP contribution >= 0.6 is 27.3 Å². The normalized spacial score (nSPS) is 13.0. The highest BCUT2D eigenvalue weighted by Gasteiger charge is 2.21. The van der Waals surface area contributed by atoms with E-state index in [9.17, 15) is 13.2 Å². The molecule has 0 amide bonds. The number of halogens is 1. The summed E-state index contributed by atoms with van der Waals surface area (Å²) in [6, 6.07) is 5.60. The van der Waals surface area contributed by atoms with E-state index in [1.165, 1.54) is 17.5 Å². The smallest absolute Gasteiger partial charge is 0.355 e. The van der Waals surface area contributed by atoms with Gasteiger partial charge in [0.15, 0.2) is 5.69 Å². The first-order valence-electron chi connectivity index (χ1n) is 5.76. The largest absolute Gasteiger partial charge is 0.476 e. The molecule has 1 unspecified atom stereocenters. The fourth-order valence-electron chi connectivity index (χ4n) is 1.55. The fourth-order valence-corrected chi connectivity index (χ4v) is 3.90. The van der Waals surface area contributed by atoms with Crippen molar-refractivity contribution < 1.29 is 18.3 Å². The molecule has 0 aliphatic carbocycles. The number of hydrogen-bond acceptors (Lipinski definition) is 5. The Kier molecular flexibility index (Phi) is 4.77. The van der Waals surface area contributed by atoms with Crippen LogP contribution in [-0.2, 0) is 10.0 Å². The standard InChI is InChI=1S/C12H11BrN2O4S2/c1-7(11-14-10(6-20-11)12(16)17)15-21(18,19)9-4-2-8(13)3-5-9/h2-7,15H,1H3,(H,16,17). The predicted octanol–water partition coefficient (Wildman–Crippen LogP) is 2.64. The second kappa shape index (κ2) is 6.22. The number of benzene rings is 1. The van der Waals surface area contributed by atoms with Crippen LogP contribution in [-0.4, -0.2) is 24.5 Å². The predicted molar refractivity (Wildman–Crippen MR) is 82.0 cm³/mol. The SMILES string of the molecule is CC(NS(=O)(=O)c1ccc(Br)cc1)c1nc(C(=O)O)cs1. The second-order valence-corrected chi connectivity index (χ2v) is 7.69. The third kappa shape index (κ3) is 3.88. The minimum atomic E-state index is -3.69. The summed E-state index contributed by atoms with van der Waals surface area (Å²) in [7, 11) is -3.69. The molecule has 0 aliphatic rings. The van der Waals surface area contributed by atoms with Gasteiger partial charge in [0, 0.05) is 9.85 Å². The molecule has 0 saturated heterocycles. The lowest BCUT2D eigenvalue weighted by Gasteiger charge is -2.11. The van der Waals surface area contributed by atoms with E-state index in [2.05, 4.69) is 25.6 Å². The van der Waals surface area contributed by atoms with Crippen molar-refractivity contribution in [1.29, 1.82) is 0 Å². The molecule has 0 saturated carbocycles. The molecule has 2 N–H and O–H groups in total. The highest BCUT2D eigenvalue weighted by molar-refractivity contribution is 9.10. The summed E-state index contributed by atoms with van der Waals surface area (Å²) in [4.78, 5) is 14.8. The van der Waals surface area contributed by atoms with Crippen LogP contribution < -0.4 is 4.72 Å². The Balaban J connectivity index is 2.19. The Morgan fingerprint density at radius 2 is 2.00 bits per heavy atom. The van der Waals surface area contributed by atoms with Gasteiger partial charge in [0.05, 0.1) is 10.9 Å². The first kappa shape index (κ1) is 16.1. The van der Waals surface area contributed by atoms with Gasteiger partial charge in [-0.1, -0.05) is 15.9 Å². The van der Waals surface area contributed by atoms with Gasteiger partial charge in [-0.05, 0) is 31.2 Å². The molecule has 6 nitrogen and oxygen atoms in total. The van der Waals surface area contributed by atoms with Crippen LogP contribution in [0.2, 0.25) is 0 Å². The number of carboxylic acids is 1. The Morgan fingerprint density at radius 1 is 1.38 bits per heavy atom. The van der Waals surface area contributed by atoms with Crippen molar-refractivity contribution in [3.05, 3.63) is 44.8 Å². The summed E-state index contributed by atoms with van der Waals surface area (Å²) in [5.74, 6) is -1.14.